The second-order valence-corrected chi connectivity index (χ2v) is 11.5. The number of alkyl halides is 2. The molecule has 1 saturated heterocycles. The molecule has 2 aliphatic carbocycles. The number of nitrogens with zero attached hydrogens (tertiary/aromatic N) is 3. The van der Waals surface area contributed by atoms with Gasteiger partial charge in [-0.25, -0.2) is 9.37 Å². The summed E-state index contributed by atoms with van der Waals surface area (Å²) in [7, 11) is 3.54. The first-order valence-electron chi connectivity index (χ1n) is 12.8. The summed E-state index contributed by atoms with van der Waals surface area (Å²) in [6.07, 6.45) is 2.67. The van der Waals surface area contributed by atoms with Crippen LogP contribution >= 0.6 is 11.6 Å². The summed E-state index contributed by atoms with van der Waals surface area (Å²) in [5.41, 5.74) is -1.22. The number of aryl methyl sites for hydroxylation is 1. The van der Waals surface area contributed by atoms with Crippen molar-refractivity contribution >= 4 is 29.1 Å². The fourth-order valence-electron chi connectivity index (χ4n) is 6.47. The highest BCUT2D eigenvalue weighted by Gasteiger charge is 2.64. The highest BCUT2D eigenvalue weighted by Crippen LogP contribution is 2.57. The molecule has 3 fully saturated rings. The number of hydrogen-bond donors (Lipinski definition) is 3. The Morgan fingerprint density at radius 1 is 1.21 bits per heavy atom. The molecule has 12 heteroatoms. The molecule has 3 unspecified atom stereocenters. The molecule has 3 aliphatic rings. The van der Waals surface area contributed by atoms with Crippen molar-refractivity contribution in [2.45, 2.75) is 55.6 Å². The minimum atomic E-state index is -3.90. The van der Waals surface area contributed by atoms with Crippen LogP contribution in [0.3, 0.4) is 0 Å². The molecule has 1 aromatic carbocycles. The zero-order chi connectivity index (χ0) is 27.4. The molecule has 2 aromatic rings. The van der Waals surface area contributed by atoms with E-state index in [4.69, 9.17) is 11.6 Å². The maximum absolute atomic E-state index is 15.2. The number of hydrogen-bond acceptors (Lipinski definition) is 5. The largest absolute Gasteiger partial charge is 0.383 e. The molecule has 206 valence electrons. The maximum atomic E-state index is 15.2. The van der Waals surface area contributed by atoms with Gasteiger partial charge in [0.1, 0.15) is 17.1 Å². The van der Waals surface area contributed by atoms with Crippen LogP contribution in [0.4, 0.5) is 18.9 Å². The third-order valence-electron chi connectivity index (χ3n) is 8.38. The van der Waals surface area contributed by atoms with Crippen LogP contribution in [-0.2, 0) is 11.8 Å². The minimum Gasteiger partial charge on any atom is -0.383 e. The Hall–Kier alpha value is -2.63. The number of carbonyl (C=O) groups is 2. The highest BCUT2D eigenvalue weighted by atomic mass is 35.5. The molecule has 1 aromatic heterocycles. The summed E-state index contributed by atoms with van der Waals surface area (Å²) in [6.45, 7) is 1.22. The summed E-state index contributed by atoms with van der Waals surface area (Å²) in [6, 6.07) is 3.51. The van der Waals surface area contributed by atoms with Gasteiger partial charge in [-0.05, 0) is 75.7 Å². The van der Waals surface area contributed by atoms with E-state index in [0.717, 1.165) is 12.6 Å². The van der Waals surface area contributed by atoms with E-state index >= 15 is 8.78 Å². The number of anilines is 1. The molecule has 38 heavy (non-hydrogen) atoms. The standard InChI is InChI=1S/C26H31ClF3N5O3/c1-34-6-5-18(12-34)33-24(37)26(29,30)25(38)10-15-7-14(8-16(15)11-25)21-22(35(2)13-31-21)23(36)32-17-3-4-20(28)19(27)9-17/h3-4,9,13-16,18,38H,5-8,10-12H2,1-2H3,(H,32,36)(H,33,37). The first-order valence-corrected chi connectivity index (χ1v) is 13.1. The second-order valence-electron chi connectivity index (χ2n) is 11.1. The molecule has 0 bridgehead atoms. The predicted molar refractivity (Wildman–Crippen MR) is 135 cm³/mol. The number of imidazole rings is 1. The Morgan fingerprint density at radius 3 is 2.50 bits per heavy atom. The minimum absolute atomic E-state index is 0.120. The lowest BCUT2D eigenvalue weighted by Gasteiger charge is -2.33. The lowest BCUT2D eigenvalue weighted by Crippen LogP contribution is -2.58. The third kappa shape index (κ3) is 4.80. The van der Waals surface area contributed by atoms with Gasteiger partial charge in [0, 0.05) is 31.2 Å². The van der Waals surface area contributed by atoms with E-state index in [0.29, 0.717) is 42.9 Å². The number of benzene rings is 1. The van der Waals surface area contributed by atoms with Crippen LogP contribution in [0.15, 0.2) is 24.5 Å². The number of amides is 2. The summed E-state index contributed by atoms with van der Waals surface area (Å²) in [5.74, 6) is -6.98. The lowest BCUT2D eigenvalue weighted by molar-refractivity contribution is -0.193. The van der Waals surface area contributed by atoms with Crippen molar-refractivity contribution in [2.75, 3.05) is 25.5 Å². The molecule has 3 atom stereocenters. The Morgan fingerprint density at radius 2 is 1.89 bits per heavy atom. The van der Waals surface area contributed by atoms with Crippen LogP contribution in [0.25, 0.3) is 0 Å². The van der Waals surface area contributed by atoms with Crippen molar-refractivity contribution in [1.29, 1.82) is 0 Å². The fraction of sp³-hybridized carbons (Fsp3) is 0.577. The topological polar surface area (TPSA) is 99.5 Å². The quantitative estimate of drug-likeness (QED) is 0.508. The third-order valence-corrected chi connectivity index (χ3v) is 8.67. The summed E-state index contributed by atoms with van der Waals surface area (Å²) < 4.78 is 45.5. The van der Waals surface area contributed by atoms with E-state index in [9.17, 15) is 19.1 Å². The number of aliphatic hydroxyl groups is 1. The van der Waals surface area contributed by atoms with E-state index in [1.54, 1.807) is 11.6 Å². The van der Waals surface area contributed by atoms with Gasteiger partial charge in [-0.1, -0.05) is 11.6 Å². The first-order chi connectivity index (χ1) is 17.9. The van der Waals surface area contributed by atoms with Crippen molar-refractivity contribution in [3.05, 3.63) is 46.8 Å². The van der Waals surface area contributed by atoms with Crippen molar-refractivity contribution in [1.82, 2.24) is 19.8 Å². The number of likely N-dealkylation sites (tertiary alicyclic amines) is 1. The van der Waals surface area contributed by atoms with Gasteiger partial charge >= 0.3 is 5.92 Å². The molecule has 0 radical (unpaired) electrons. The zero-order valence-electron chi connectivity index (χ0n) is 21.2. The number of aromatic nitrogens is 2. The summed E-state index contributed by atoms with van der Waals surface area (Å²) in [4.78, 5) is 32.0. The monoisotopic (exact) mass is 553 g/mol. The van der Waals surface area contributed by atoms with Gasteiger partial charge in [0.2, 0.25) is 0 Å². The van der Waals surface area contributed by atoms with Crippen molar-refractivity contribution in [3.63, 3.8) is 0 Å². The van der Waals surface area contributed by atoms with Crippen LogP contribution < -0.4 is 10.6 Å². The molecule has 5 rings (SSSR count). The van der Waals surface area contributed by atoms with Crippen LogP contribution in [0.2, 0.25) is 5.02 Å². The smallest absolute Gasteiger partial charge is 0.352 e. The van der Waals surface area contributed by atoms with E-state index in [1.807, 2.05) is 11.9 Å². The molecule has 2 amide bonds. The highest BCUT2D eigenvalue weighted by molar-refractivity contribution is 6.31. The van der Waals surface area contributed by atoms with E-state index in [2.05, 4.69) is 15.6 Å². The number of fused-ring (bicyclic) bond motifs is 1. The van der Waals surface area contributed by atoms with Crippen LogP contribution in [0.1, 0.15) is 54.2 Å². The van der Waals surface area contributed by atoms with Gasteiger partial charge < -0.3 is 25.2 Å². The number of likely N-dealkylation sites (N-methyl/N-ethyl adjacent to an activating group) is 1. The van der Waals surface area contributed by atoms with Crippen molar-refractivity contribution in [3.8, 4) is 0 Å². The number of nitrogens with one attached hydrogen (secondary N) is 2. The average molecular weight is 554 g/mol. The second kappa shape index (κ2) is 9.84. The fourth-order valence-corrected chi connectivity index (χ4v) is 6.65. The molecule has 0 spiro atoms. The van der Waals surface area contributed by atoms with Crippen LogP contribution in [0.5, 0.6) is 0 Å². The Balaban J connectivity index is 1.26. The number of rotatable bonds is 6. The van der Waals surface area contributed by atoms with Gasteiger partial charge in [-0.3, -0.25) is 9.59 Å². The summed E-state index contributed by atoms with van der Waals surface area (Å²) >= 11 is 5.82. The van der Waals surface area contributed by atoms with Crippen molar-refractivity contribution in [2.24, 2.45) is 18.9 Å². The molecular weight excluding hydrogens is 523 g/mol. The van der Waals surface area contributed by atoms with Gasteiger partial charge in [0.25, 0.3) is 11.8 Å². The molecule has 3 N–H and O–H groups in total. The van der Waals surface area contributed by atoms with Gasteiger partial charge in [0.05, 0.1) is 17.0 Å². The molecule has 1 aliphatic heterocycles. The van der Waals surface area contributed by atoms with Gasteiger partial charge in [0.15, 0.2) is 0 Å². The molecular formula is C26H31ClF3N5O3. The maximum Gasteiger partial charge on any atom is 0.352 e. The first kappa shape index (κ1) is 27.0. The van der Waals surface area contributed by atoms with Gasteiger partial charge in [-0.15, -0.1) is 0 Å². The van der Waals surface area contributed by atoms with E-state index in [1.165, 1.54) is 18.5 Å². The predicted octanol–water partition coefficient (Wildman–Crippen LogP) is 3.56. The Kier molecular flexibility index (Phi) is 6.98. The molecule has 2 heterocycles. The van der Waals surface area contributed by atoms with E-state index < -0.39 is 29.2 Å². The lowest BCUT2D eigenvalue weighted by atomic mass is 9.87. The average Bonchev–Trinajstić information content (AvgIpc) is 3.59. The van der Waals surface area contributed by atoms with Crippen LogP contribution in [0, 0.1) is 17.7 Å². The zero-order valence-corrected chi connectivity index (χ0v) is 21.9. The van der Waals surface area contributed by atoms with E-state index in [-0.39, 0.29) is 41.7 Å². The normalized spacial score (nSPS) is 29.4. The van der Waals surface area contributed by atoms with Crippen LogP contribution in [-0.4, -0.2) is 69.1 Å². The number of halogens is 4. The summed E-state index contributed by atoms with van der Waals surface area (Å²) in [5, 5.41) is 16.0. The van der Waals surface area contributed by atoms with Crippen molar-refractivity contribution < 1.29 is 27.9 Å². The Labute approximate surface area is 223 Å². The molecule has 8 nitrogen and oxygen atoms in total. The number of carbonyl (C=O) groups excluding carboxylic acids is 2. The van der Waals surface area contributed by atoms with Gasteiger partial charge in [-0.2, -0.15) is 8.78 Å². The Bertz CT molecular complexity index is 1240. The molecule has 2 saturated carbocycles. The SMILES string of the molecule is CN1CCC(NC(=O)C(F)(F)C2(O)CC3CC(c4ncn(C)c4C(=O)Nc4ccc(F)c(Cl)c4)CC3C2)C1.